The summed E-state index contributed by atoms with van der Waals surface area (Å²) in [6.07, 6.45) is 0. The fraction of sp³-hybridized carbons (Fsp3) is 0.188. The first-order valence-electron chi connectivity index (χ1n) is 7.19. The summed E-state index contributed by atoms with van der Waals surface area (Å²) in [7, 11) is 1.61. The van der Waals surface area contributed by atoms with Crippen molar-refractivity contribution in [3.8, 4) is 28.3 Å². The summed E-state index contributed by atoms with van der Waals surface area (Å²) >= 11 is 0. The van der Waals surface area contributed by atoms with Crippen LogP contribution in [-0.2, 0) is 0 Å². The minimum atomic E-state index is -0.415. The Morgan fingerprint density at radius 1 is 1.12 bits per heavy atom. The second kappa shape index (κ2) is 6.07. The first-order chi connectivity index (χ1) is 11.5. The monoisotopic (exact) mass is 325 g/mol. The van der Waals surface area contributed by atoms with Gasteiger partial charge in [0.05, 0.1) is 12.0 Å². The molecule has 122 valence electrons. The van der Waals surface area contributed by atoms with Gasteiger partial charge in [0.25, 0.3) is 5.69 Å². The smallest absolute Gasteiger partial charge is 0.273 e. The molecule has 0 saturated heterocycles. The van der Waals surface area contributed by atoms with Gasteiger partial charge in [-0.2, -0.15) is 5.21 Å². The molecule has 24 heavy (non-hydrogen) atoms. The Morgan fingerprint density at radius 2 is 1.92 bits per heavy atom. The third kappa shape index (κ3) is 2.69. The van der Waals surface area contributed by atoms with Gasteiger partial charge in [-0.3, -0.25) is 10.1 Å². The van der Waals surface area contributed by atoms with Gasteiger partial charge >= 0.3 is 0 Å². The van der Waals surface area contributed by atoms with Crippen molar-refractivity contribution in [2.24, 2.45) is 0 Å². The quantitative estimate of drug-likeness (QED) is 0.583. The normalized spacial score (nSPS) is 10.6. The van der Waals surface area contributed by atoms with Crippen molar-refractivity contribution in [3.63, 3.8) is 0 Å². The number of aromatic nitrogens is 4. The molecule has 0 aliphatic rings. The highest BCUT2D eigenvalue weighted by molar-refractivity contribution is 5.83. The molecule has 1 heterocycles. The van der Waals surface area contributed by atoms with E-state index in [1.165, 1.54) is 6.07 Å². The Morgan fingerprint density at radius 3 is 2.50 bits per heavy atom. The Kier molecular flexibility index (Phi) is 3.95. The minimum absolute atomic E-state index is 0.0174. The molecule has 0 saturated carbocycles. The molecule has 0 aliphatic heterocycles. The van der Waals surface area contributed by atoms with Crippen molar-refractivity contribution < 1.29 is 9.66 Å². The summed E-state index contributed by atoms with van der Waals surface area (Å²) in [5, 5.41) is 25.1. The summed E-state index contributed by atoms with van der Waals surface area (Å²) in [5.41, 5.74) is 3.78. The minimum Gasteiger partial charge on any atom is -0.496 e. The van der Waals surface area contributed by atoms with Gasteiger partial charge in [0.15, 0.2) is 0 Å². The maximum atomic E-state index is 11.3. The van der Waals surface area contributed by atoms with E-state index in [2.05, 4.69) is 20.6 Å². The zero-order valence-corrected chi connectivity index (χ0v) is 13.4. The summed E-state index contributed by atoms with van der Waals surface area (Å²) < 4.78 is 5.28. The largest absolute Gasteiger partial charge is 0.496 e. The second-order valence-electron chi connectivity index (χ2n) is 5.36. The van der Waals surface area contributed by atoms with Gasteiger partial charge in [-0.25, -0.2) is 0 Å². The third-order valence-corrected chi connectivity index (χ3v) is 3.82. The molecule has 0 atom stereocenters. The van der Waals surface area contributed by atoms with Gasteiger partial charge in [0.1, 0.15) is 5.75 Å². The molecule has 0 fully saturated rings. The molecule has 8 nitrogen and oxygen atoms in total. The van der Waals surface area contributed by atoms with Crippen LogP contribution in [0.25, 0.3) is 22.5 Å². The number of methoxy groups -OCH3 is 1. The van der Waals surface area contributed by atoms with E-state index in [1.54, 1.807) is 20.1 Å². The number of aromatic amines is 1. The molecule has 1 aromatic heterocycles. The van der Waals surface area contributed by atoms with E-state index in [4.69, 9.17) is 4.74 Å². The van der Waals surface area contributed by atoms with Crippen LogP contribution in [0.5, 0.6) is 5.75 Å². The fourth-order valence-corrected chi connectivity index (χ4v) is 2.64. The van der Waals surface area contributed by atoms with Crippen LogP contribution < -0.4 is 4.74 Å². The molecular formula is C16H15N5O3. The number of aryl methyl sites for hydroxylation is 2. The average Bonchev–Trinajstić information content (AvgIpc) is 3.08. The lowest BCUT2D eigenvalue weighted by molar-refractivity contribution is -0.385. The van der Waals surface area contributed by atoms with Gasteiger partial charge in [0, 0.05) is 17.2 Å². The number of benzene rings is 2. The zero-order valence-electron chi connectivity index (χ0n) is 13.4. The Hall–Kier alpha value is -3.29. The number of hydrogen-bond donors (Lipinski definition) is 1. The van der Waals surface area contributed by atoms with Crippen molar-refractivity contribution in [2.75, 3.05) is 7.11 Å². The third-order valence-electron chi connectivity index (χ3n) is 3.82. The van der Waals surface area contributed by atoms with Crippen LogP contribution in [0.3, 0.4) is 0 Å². The standard InChI is InChI=1S/C16H15N5O3/c1-9-7-12(11-4-5-15(24-3)10(2)6-11)13(8-14(9)21(22)23)16-17-19-20-18-16/h4-8H,1-3H3,(H,17,18,19,20). The van der Waals surface area contributed by atoms with Gasteiger partial charge in [-0.1, -0.05) is 6.07 Å². The van der Waals surface area contributed by atoms with Crippen LogP contribution in [0, 0.1) is 24.0 Å². The van der Waals surface area contributed by atoms with Gasteiger partial charge < -0.3 is 4.74 Å². The predicted octanol–water partition coefficient (Wildman–Crippen LogP) is 3.07. The topological polar surface area (TPSA) is 107 Å². The number of H-pyrrole nitrogens is 1. The van der Waals surface area contributed by atoms with Crippen LogP contribution in [0.1, 0.15) is 11.1 Å². The highest BCUT2D eigenvalue weighted by Gasteiger charge is 2.20. The number of ether oxygens (including phenoxy) is 1. The van der Waals surface area contributed by atoms with E-state index < -0.39 is 4.92 Å². The number of nitro benzene ring substituents is 1. The average molecular weight is 325 g/mol. The summed E-state index contributed by atoms with van der Waals surface area (Å²) in [6.45, 7) is 3.65. The highest BCUT2D eigenvalue weighted by Crippen LogP contribution is 2.36. The van der Waals surface area contributed by atoms with Crippen LogP contribution in [0.2, 0.25) is 0 Å². The summed E-state index contributed by atoms with van der Waals surface area (Å²) in [6, 6.07) is 8.97. The number of nitro groups is 1. The Labute approximate surface area is 137 Å². The van der Waals surface area contributed by atoms with Crippen molar-refractivity contribution in [2.45, 2.75) is 13.8 Å². The lowest BCUT2D eigenvalue weighted by atomic mass is 9.95. The van der Waals surface area contributed by atoms with Crippen LogP contribution in [0.4, 0.5) is 5.69 Å². The zero-order chi connectivity index (χ0) is 17.3. The fourth-order valence-electron chi connectivity index (χ4n) is 2.64. The molecule has 0 spiro atoms. The number of hydrogen-bond acceptors (Lipinski definition) is 6. The van der Waals surface area contributed by atoms with Gasteiger partial charge in [-0.15, -0.1) is 10.2 Å². The molecule has 2 aromatic carbocycles. The first-order valence-corrected chi connectivity index (χ1v) is 7.19. The van der Waals surface area contributed by atoms with Crippen LogP contribution >= 0.6 is 0 Å². The molecular weight excluding hydrogens is 310 g/mol. The van der Waals surface area contributed by atoms with E-state index >= 15 is 0 Å². The highest BCUT2D eigenvalue weighted by atomic mass is 16.6. The van der Waals surface area contributed by atoms with Gasteiger partial charge in [0.2, 0.25) is 5.82 Å². The van der Waals surface area contributed by atoms with E-state index in [0.717, 1.165) is 22.4 Å². The Bertz CT molecular complexity index is 906. The summed E-state index contributed by atoms with van der Waals surface area (Å²) in [5.74, 6) is 1.08. The number of nitrogens with one attached hydrogen (secondary N) is 1. The molecule has 3 rings (SSSR count). The molecule has 1 N–H and O–H groups in total. The van der Waals surface area contributed by atoms with Gasteiger partial charge in [-0.05, 0) is 54.0 Å². The van der Waals surface area contributed by atoms with Crippen molar-refractivity contribution >= 4 is 5.69 Å². The van der Waals surface area contributed by atoms with Crippen LogP contribution in [-0.4, -0.2) is 32.7 Å². The summed E-state index contributed by atoms with van der Waals surface area (Å²) in [4.78, 5) is 10.8. The number of rotatable bonds is 4. The molecule has 0 unspecified atom stereocenters. The first kappa shape index (κ1) is 15.6. The van der Waals surface area contributed by atoms with E-state index in [1.807, 2.05) is 25.1 Å². The molecule has 0 aliphatic carbocycles. The second-order valence-corrected chi connectivity index (χ2v) is 5.36. The number of nitrogens with zero attached hydrogens (tertiary/aromatic N) is 4. The van der Waals surface area contributed by atoms with Crippen molar-refractivity contribution in [3.05, 3.63) is 51.6 Å². The molecule has 0 amide bonds. The van der Waals surface area contributed by atoms with E-state index in [-0.39, 0.29) is 5.69 Å². The van der Waals surface area contributed by atoms with E-state index in [0.29, 0.717) is 17.0 Å². The van der Waals surface area contributed by atoms with E-state index in [9.17, 15) is 10.1 Å². The van der Waals surface area contributed by atoms with Crippen molar-refractivity contribution in [1.29, 1.82) is 0 Å². The molecule has 0 bridgehead atoms. The molecule has 8 heteroatoms. The SMILES string of the molecule is COc1ccc(-c2cc(C)c([N+](=O)[O-])cc2-c2nn[nH]n2)cc1C. The molecule has 3 aromatic rings. The lowest BCUT2D eigenvalue weighted by Gasteiger charge is -2.11. The predicted molar refractivity (Wildman–Crippen MR) is 87.7 cm³/mol. The maximum Gasteiger partial charge on any atom is 0.273 e. The Balaban J connectivity index is 2.25. The lowest BCUT2D eigenvalue weighted by Crippen LogP contribution is -1.96. The maximum absolute atomic E-state index is 11.3. The number of tetrazole rings is 1. The van der Waals surface area contributed by atoms with Crippen molar-refractivity contribution in [1.82, 2.24) is 20.6 Å². The molecule has 0 radical (unpaired) electrons. The van der Waals surface area contributed by atoms with Crippen LogP contribution in [0.15, 0.2) is 30.3 Å².